The number of para-hydroxylation sites is 1. The van der Waals surface area contributed by atoms with E-state index in [0.29, 0.717) is 24.9 Å². The van der Waals surface area contributed by atoms with Crippen LogP contribution in [0.3, 0.4) is 0 Å². The van der Waals surface area contributed by atoms with Crippen LogP contribution in [0.15, 0.2) is 24.3 Å². The summed E-state index contributed by atoms with van der Waals surface area (Å²) in [6.07, 6.45) is 1.36. The molecule has 0 heterocycles. The molecule has 3 N–H and O–H groups in total. The molecule has 0 bridgehead atoms. The van der Waals surface area contributed by atoms with Gasteiger partial charge in [0.25, 0.3) is 5.69 Å². The molecule has 1 aliphatic carbocycles. The first-order valence-electron chi connectivity index (χ1n) is 8.92. The maximum Gasteiger partial charge on any atom is 0.317 e. The Hall–Kier alpha value is -2.68. The highest BCUT2D eigenvalue weighted by molar-refractivity contribution is 5.76. The van der Waals surface area contributed by atoms with Gasteiger partial charge in [0.2, 0.25) is 0 Å². The Bertz CT molecular complexity index is 715. The molecule has 2 rings (SSSR count). The van der Waals surface area contributed by atoms with Crippen LogP contribution in [-0.4, -0.2) is 52.1 Å². The Morgan fingerprint density at radius 1 is 1.33 bits per heavy atom. The number of aliphatic carboxylic acids is 1. The molecule has 1 aromatic rings. The topological polar surface area (TPSA) is 125 Å². The number of rotatable bonds is 8. The van der Waals surface area contributed by atoms with Crippen molar-refractivity contribution >= 4 is 17.7 Å². The minimum absolute atomic E-state index is 0.00914. The number of carboxylic acids is 1. The summed E-state index contributed by atoms with van der Waals surface area (Å²) >= 11 is 0. The maximum atomic E-state index is 12.3. The first-order chi connectivity index (χ1) is 12.6. The van der Waals surface area contributed by atoms with Gasteiger partial charge in [0.15, 0.2) is 0 Å². The number of nitro groups is 1. The predicted molar refractivity (Wildman–Crippen MR) is 99.5 cm³/mol. The van der Waals surface area contributed by atoms with Crippen LogP contribution in [0.25, 0.3) is 0 Å². The second-order valence-corrected chi connectivity index (χ2v) is 7.28. The lowest BCUT2D eigenvalue weighted by Crippen LogP contribution is -2.58. The molecule has 1 aliphatic rings. The molecule has 0 saturated heterocycles. The summed E-state index contributed by atoms with van der Waals surface area (Å²) in [6, 6.07) is 6.02. The van der Waals surface area contributed by atoms with Crippen LogP contribution in [0.1, 0.15) is 39.2 Å². The maximum absolute atomic E-state index is 12.3. The van der Waals surface area contributed by atoms with Crippen molar-refractivity contribution in [3.05, 3.63) is 39.9 Å². The average Bonchev–Trinajstić information content (AvgIpc) is 2.55. The molecule has 27 heavy (non-hydrogen) atoms. The van der Waals surface area contributed by atoms with Crippen molar-refractivity contribution in [2.24, 2.45) is 0 Å². The number of hydrogen-bond acceptors (Lipinski definition) is 5. The summed E-state index contributed by atoms with van der Waals surface area (Å²) in [5, 5.41) is 25.8. The number of nitrogens with one attached hydrogen (secondary N) is 2. The highest BCUT2D eigenvalue weighted by Crippen LogP contribution is 2.30. The van der Waals surface area contributed by atoms with Crippen molar-refractivity contribution in [2.75, 3.05) is 13.1 Å². The number of nitrogens with zero attached hydrogens (tertiary/aromatic N) is 2. The third-order valence-electron chi connectivity index (χ3n) is 4.91. The highest BCUT2D eigenvalue weighted by atomic mass is 16.6. The Labute approximate surface area is 157 Å². The number of carbonyl (C=O) groups excluding carboxylic acids is 1. The minimum atomic E-state index is -0.921. The van der Waals surface area contributed by atoms with Gasteiger partial charge >= 0.3 is 12.0 Å². The van der Waals surface area contributed by atoms with Gasteiger partial charge in [-0.3, -0.25) is 19.8 Å². The van der Waals surface area contributed by atoms with Crippen LogP contribution < -0.4 is 10.6 Å². The Morgan fingerprint density at radius 2 is 1.96 bits per heavy atom. The van der Waals surface area contributed by atoms with Crippen LogP contribution >= 0.6 is 0 Å². The molecule has 0 spiro atoms. The summed E-state index contributed by atoms with van der Waals surface area (Å²) in [5.74, 6) is -0.864. The average molecular weight is 378 g/mol. The summed E-state index contributed by atoms with van der Waals surface area (Å²) in [7, 11) is 0. The standard InChI is InChI=1S/C18H26N4O5/c1-4-21(11-16(23)24)13-9-12(10-13)19-17(25)20-18(2,3)14-7-5-6-8-15(14)22(26)27/h5-8,12-13H,4,9-11H2,1-3H3,(H,23,24)(H2,19,20,25). The monoisotopic (exact) mass is 378 g/mol. The molecule has 148 valence electrons. The quantitative estimate of drug-likeness (QED) is 0.470. The van der Waals surface area contributed by atoms with Gasteiger partial charge in [-0.05, 0) is 39.3 Å². The molecule has 9 heteroatoms. The molecule has 0 unspecified atom stereocenters. The SMILES string of the molecule is CCN(CC(=O)O)C1CC(NC(=O)NC(C)(C)c2ccccc2[N+](=O)[O-])C1. The van der Waals surface area contributed by atoms with Crippen LogP contribution in [-0.2, 0) is 10.3 Å². The number of urea groups is 1. The van der Waals surface area contributed by atoms with Crippen molar-refractivity contribution in [2.45, 2.75) is 51.2 Å². The van der Waals surface area contributed by atoms with Crippen molar-refractivity contribution in [3.8, 4) is 0 Å². The lowest BCUT2D eigenvalue weighted by Gasteiger charge is -2.42. The van der Waals surface area contributed by atoms with Crippen LogP contribution in [0.5, 0.6) is 0 Å². The fourth-order valence-electron chi connectivity index (χ4n) is 3.41. The molecule has 1 fully saturated rings. The van der Waals surface area contributed by atoms with Crippen molar-refractivity contribution < 1.29 is 19.6 Å². The zero-order chi connectivity index (χ0) is 20.2. The molecule has 0 atom stereocenters. The number of nitro benzene ring substituents is 1. The summed E-state index contributed by atoms with van der Waals surface area (Å²) in [5.41, 5.74) is -0.538. The fourth-order valence-corrected chi connectivity index (χ4v) is 3.41. The lowest BCUT2D eigenvalue weighted by atomic mass is 9.85. The van der Waals surface area contributed by atoms with Gasteiger partial charge in [-0.25, -0.2) is 4.79 Å². The largest absolute Gasteiger partial charge is 0.480 e. The van der Waals surface area contributed by atoms with E-state index in [1.54, 1.807) is 32.0 Å². The smallest absolute Gasteiger partial charge is 0.317 e. The second kappa shape index (κ2) is 8.34. The van der Waals surface area contributed by atoms with E-state index < -0.39 is 22.5 Å². The minimum Gasteiger partial charge on any atom is -0.480 e. The third-order valence-corrected chi connectivity index (χ3v) is 4.91. The predicted octanol–water partition coefficient (Wildman–Crippen LogP) is 2.07. The van der Waals surface area contributed by atoms with E-state index in [0.717, 1.165) is 0 Å². The number of likely N-dealkylation sites (N-methyl/N-ethyl adjacent to an activating group) is 1. The van der Waals surface area contributed by atoms with E-state index >= 15 is 0 Å². The Balaban J connectivity index is 1.91. The van der Waals surface area contributed by atoms with E-state index in [-0.39, 0.29) is 24.3 Å². The van der Waals surface area contributed by atoms with E-state index in [2.05, 4.69) is 10.6 Å². The lowest BCUT2D eigenvalue weighted by molar-refractivity contribution is -0.386. The third kappa shape index (κ3) is 5.16. The summed E-state index contributed by atoms with van der Waals surface area (Å²) in [4.78, 5) is 35.8. The van der Waals surface area contributed by atoms with Gasteiger partial charge in [0.1, 0.15) is 0 Å². The molecule has 0 aliphatic heterocycles. The van der Waals surface area contributed by atoms with Gasteiger partial charge < -0.3 is 15.7 Å². The molecule has 9 nitrogen and oxygen atoms in total. The first-order valence-corrected chi connectivity index (χ1v) is 8.92. The van der Waals surface area contributed by atoms with Gasteiger partial charge in [0, 0.05) is 18.2 Å². The molecule has 1 saturated carbocycles. The molecule has 2 amide bonds. The molecular weight excluding hydrogens is 352 g/mol. The molecule has 0 aromatic heterocycles. The van der Waals surface area contributed by atoms with Crippen molar-refractivity contribution in [3.63, 3.8) is 0 Å². The second-order valence-electron chi connectivity index (χ2n) is 7.28. The number of carboxylic acid groups (broad SMARTS) is 1. The van der Waals surface area contributed by atoms with E-state index in [9.17, 15) is 19.7 Å². The van der Waals surface area contributed by atoms with E-state index in [4.69, 9.17) is 5.11 Å². The van der Waals surface area contributed by atoms with Crippen molar-refractivity contribution in [1.82, 2.24) is 15.5 Å². The van der Waals surface area contributed by atoms with Gasteiger partial charge in [-0.1, -0.05) is 19.1 Å². The Morgan fingerprint density at radius 3 is 2.52 bits per heavy atom. The van der Waals surface area contributed by atoms with Gasteiger partial charge in [0.05, 0.1) is 22.6 Å². The number of hydrogen-bond donors (Lipinski definition) is 3. The zero-order valence-corrected chi connectivity index (χ0v) is 15.8. The van der Waals surface area contributed by atoms with Crippen LogP contribution in [0.4, 0.5) is 10.5 Å². The summed E-state index contributed by atoms with van der Waals surface area (Å²) < 4.78 is 0. The summed E-state index contributed by atoms with van der Waals surface area (Å²) in [6.45, 7) is 5.96. The van der Waals surface area contributed by atoms with Crippen molar-refractivity contribution in [1.29, 1.82) is 0 Å². The number of benzene rings is 1. The normalized spacial score (nSPS) is 19.3. The Kier molecular flexibility index (Phi) is 6.37. The zero-order valence-electron chi connectivity index (χ0n) is 15.8. The van der Waals surface area contributed by atoms with Crippen LogP contribution in [0.2, 0.25) is 0 Å². The van der Waals surface area contributed by atoms with E-state index in [1.807, 2.05) is 11.8 Å². The number of carbonyl (C=O) groups is 2. The molecular formula is C18H26N4O5. The number of amides is 2. The van der Waals surface area contributed by atoms with E-state index in [1.165, 1.54) is 6.07 Å². The van der Waals surface area contributed by atoms with Gasteiger partial charge in [-0.2, -0.15) is 0 Å². The van der Waals surface area contributed by atoms with Crippen LogP contribution in [0, 0.1) is 10.1 Å². The fraction of sp³-hybridized carbons (Fsp3) is 0.556. The first kappa shape index (κ1) is 20.6. The van der Waals surface area contributed by atoms with Gasteiger partial charge in [-0.15, -0.1) is 0 Å². The highest BCUT2D eigenvalue weighted by Gasteiger charge is 2.36. The molecule has 0 radical (unpaired) electrons. The molecule has 1 aromatic carbocycles.